The van der Waals surface area contributed by atoms with Crippen LogP contribution in [-0.4, -0.2) is 17.2 Å². The van der Waals surface area contributed by atoms with Crippen LogP contribution in [0.2, 0.25) is 6.82 Å². The number of rotatable bonds is 4. The predicted octanol–water partition coefficient (Wildman–Crippen LogP) is 1.85. The predicted molar refractivity (Wildman–Crippen MR) is 56.1 cm³/mol. The smallest absolute Gasteiger partial charge is 0.120 e. The standard InChI is InChI=1S/C10H16BN2/c1-4-8-7-12-10(6-11-3)13-9(8)5-2/h7H,4-6H2,1-3H3. The van der Waals surface area contributed by atoms with Crippen molar-refractivity contribution in [2.24, 2.45) is 0 Å². The first-order valence-corrected chi connectivity index (χ1v) is 4.93. The Kier molecular flexibility index (Phi) is 3.93. The zero-order valence-electron chi connectivity index (χ0n) is 8.67. The van der Waals surface area contributed by atoms with Crippen LogP contribution in [-0.2, 0) is 19.2 Å². The minimum absolute atomic E-state index is 0.872. The van der Waals surface area contributed by atoms with E-state index in [-0.39, 0.29) is 0 Å². The third-order valence-electron chi connectivity index (χ3n) is 2.11. The van der Waals surface area contributed by atoms with E-state index >= 15 is 0 Å². The average Bonchev–Trinajstić information content (AvgIpc) is 2.18. The van der Waals surface area contributed by atoms with Gasteiger partial charge >= 0.3 is 0 Å². The Bertz CT molecular complexity index is 274. The summed E-state index contributed by atoms with van der Waals surface area (Å²) in [6, 6.07) is 0. The summed E-state index contributed by atoms with van der Waals surface area (Å²) >= 11 is 0. The average molecular weight is 175 g/mol. The van der Waals surface area contributed by atoms with Gasteiger partial charge in [0.05, 0.1) is 0 Å². The van der Waals surface area contributed by atoms with Crippen LogP contribution in [0.1, 0.15) is 30.9 Å². The molecule has 1 aromatic rings. The fourth-order valence-corrected chi connectivity index (χ4v) is 1.37. The molecule has 0 amide bonds. The van der Waals surface area contributed by atoms with Crippen LogP contribution >= 0.6 is 0 Å². The Hall–Kier alpha value is -0.855. The van der Waals surface area contributed by atoms with E-state index in [2.05, 4.69) is 31.1 Å². The third-order valence-corrected chi connectivity index (χ3v) is 2.11. The summed E-state index contributed by atoms with van der Waals surface area (Å²) in [6.45, 7) is 6.31. The molecule has 3 heteroatoms. The van der Waals surface area contributed by atoms with Gasteiger partial charge in [0, 0.05) is 11.9 Å². The summed E-state index contributed by atoms with van der Waals surface area (Å²) in [4.78, 5) is 8.81. The maximum atomic E-state index is 4.51. The quantitative estimate of drug-likeness (QED) is 0.652. The number of nitrogens with zero attached hydrogens (tertiary/aromatic N) is 2. The van der Waals surface area contributed by atoms with Gasteiger partial charge in [0.25, 0.3) is 0 Å². The van der Waals surface area contributed by atoms with Gasteiger partial charge in [-0.2, -0.15) is 0 Å². The van der Waals surface area contributed by atoms with Crippen LogP contribution in [0, 0.1) is 0 Å². The second-order valence-corrected chi connectivity index (χ2v) is 3.08. The highest BCUT2D eigenvalue weighted by molar-refractivity contribution is 6.32. The molecule has 0 N–H and O–H groups in total. The molecule has 0 saturated heterocycles. The van der Waals surface area contributed by atoms with Gasteiger partial charge in [-0.15, -0.1) is 0 Å². The summed E-state index contributed by atoms with van der Waals surface area (Å²) in [5.74, 6) is 0.941. The van der Waals surface area contributed by atoms with E-state index < -0.39 is 0 Å². The SMILES string of the molecule is C[B]Cc1ncc(CC)c(CC)n1. The second-order valence-electron chi connectivity index (χ2n) is 3.08. The molecule has 0 atom stereocenters. The minimum atomic E-state index is 0.872. The molecule has 0 aliphatic carbocycles. The lowest BCUT2D eigenvalue weighted by Crippen LogP contribution is -2.05. The van der Waals surface area contributed by atoms with E-state index in [1.807, 2.05) is 13.0 Å². The highest BCUT2D eigenvalue weighted by Gasteiger charge is 2.02. The normalized spacial score (nSPS) is 10.1. The monoisotopic (exact) mass is 175 g/mol. The van der Waals surface area contributed by atoms with Gasteiger partial charge < -0.3 is 0 Å². The number of aryl methyl sites for hydroxylation is 2. The van der Waals surface area contributed by atoms with Crippen molar-refractivity contribution in [3.63, 3.8) is 0 Å². The highest BCUT2D eigenvalue weighted by Crippen LogP contribution is 2.07. The third kappa shape index (κ3) is 2.54. The molecule has 0 fully saturated rings. The van der Waals surface area contributed by atoms with Crippen molar-refractivity contribution >= 4 is 7.28 Å². The maximum Gasteiger partial charge on any atom is 0.120 e. The minimum Gasteiger partial charge on any atom is -0.242 e. The summed E-state index contributed by atoms with van der Waals surface area (Å²) in [5, 5.41) is 0. The van der Waals surface area contributed by atoms with Crippen LogP contribution < -0.4 is 0 Å². The van der Waals surface area contributed by atoms with E-state index in [1.165, 1.54) is 11.3 Å². The van der Waals surface area contributed by atoms with Crippen LogP contribution in [0.5, 0.6) is 0 Å². The molecule has 69 valence electrons. The van der Waals surface area contributed by atoms with Gasteiger partial charge in [0.15, 0.2) is 0 Å². The molecule has 1 radical (unpaired) electrons. The summed E-state index contributed by atoms with van der Waals surface area (Å²) < 4.78 is 0. The Labute approximate surface area is 81.0 Å². The Balaban J connectivity index is 2.91. The Morgan fingerprint density at radius 3 is 2.62 bits per heavy atom. The molecule has 1 rings (SSSR count). The molecule has 2 nitrogen and oxygen atoms in total. The molecule has 0 unspecified atom stereocenters. The van der Waals surface area contributed by atoms with Crippen molar-refractivity contribution in [3.8, 4) is 0 Å². The first-order chi connectivity index (χ1) is 6.31. The molecule has 13 heavy (non-hydrogen) atoms. The molecule has 0 aliphatic rings. The van der Waals surface area contributed by atoms with E-state index in [4.69, 9.17) is 0 Å². The van der Waals surface area contributed by atoms with Crippen molar-refractivity contribution in [1.82, 2.24) is 9.97 Å². The van der Waals surface area contributed by atoms with Crippen molar-refractivity contribution in [2.75, 3.05) is 0 Å². The summed E-state index contributed by atoms with van der Waals surface area (Å²) in [7, 11) is 2.08. The Morgan fingerprint density at radius 1 is 1.31 bits per heavy atom. The number of aromatic nitrogens is 2. The molecule has 0 spiro atoms. The van der Waals surface area contributed by atoms with Crippen LogP contribution in [0.15, 0.2) is 6.20 Å². The van der Waals surface area contributed by atoms with E-state index in [0.717, 1.165) is 25.0 Å². The number of hydrogen-bond acceptors (Lipinski definition) is 2. The fraction of sp³-hybridized carbons (Fsp3) is 0.600. The van der Waals surface area contributed by atoms with Crippen molar-refractivity contribution in [3.05, 3.63) is 23.3 Å². The largest absolute Gasteiger partial charge is 0.242 e. The van der Waals surface area contributed by atoms with E-state index in [1.54, 1.807) is 0 Å². The molecule has 0 aromatic carbocycles. The van der Waals surface area contributed by atoms with Crippen molar-refractivity contribution in [2.45, 2.75) is 39.8 Å². The molecular weight excluding hydrogens is 159 g/mol. The van der Waals surface area contributed by atoms with Gasteiger partial charge in [-0.3, -0.25) is 0 Å². The molecule has 0 bridgehead atoms. The van der Waals surface area contributed by atoms with Gasteiger partial charge in [-0.05, 0) is 24.7 Å². The first kappa shape index (κ1) is 10.2. The summed E-state index contributed by atoms with van der Waals surface area (Å²) in [5.41, 5.74) is 2.48. The summed E-state index contributed by atoms with van der Waals surface area (Å²) in [6.07, 6.45) is 4.86. The van der Waals surface area contributed by atoms with Gasteiger partial charge in [0.1, 0.15) is 13.1 Å². The zero-order valence-corrected chi connectivity index (χ0v) is 8.67. The van der Waals surface area contributed by atoms with Crippen molar-refractivity contribution in [1.29, 1.82) is 0 Å². The van der Waals surface area contributed by atoms with Gasteiger partial charge in [-0.1, -0.05) is 20.7 Å². The fourth-order valence-electron chi connectivity index (χ4n) is 1.37. The second kappa shape index (κ2) is 5.00. The molecule has 0 saturated carbocycles. The molecule has 1 aromatic heterocycles. The van der Waals surface area contributed by atoms with Gasteiger partial charge in [-0.25, -0.2) is 9.97 Å². The zero-order chi connectivity index (χ0) is 9.68. The van der Waals surface area contributed by atoms with Crippen LogP contribution in [0.3, 0.4) is 0 Å². The molecular formula is C10H16BN2. The van der Waals surface area contributed by atoms with Crippen molar-refractivity contribution < 1.29 is 0 Å². The lowest BCUT2D eigenvalue weighted by molar-refractivity contribution is 0.886. The number of hydrogen-bond donors (Lipinski definition) is 0. The lowest BCUT2D eigenvalue weighted by atomic mass is 9.78. The lowest BCUT2D eigenvalue weighted by Gasteiger charge is -2.05. The van der Waals surface area contributed by atoms with E-state index in [9.17, 15) is 0 Å². The molecule has 0 aliphatic heterocycles. The van der Waals surface area contributed by atoms with Gasteiger partial charge in [0.2, 0.25) is 0 Å². The topological polar surface area (TPSA) is 25.8 Å². The van der Waals surface area contributed by atoms with Crippen LogP contribution in [0.25, 0.3) is 0 Å². The van der Waals surface area contributed by atoms with Crippen LogP contribution in [0.4, 0.5) is 0 Å². The highest BCUT2D eigenvalue weighted by atomic mass is 14.9. The first-order valence-electron chi connectivity index (χ1n) is 4.93. The molecule has 1 heterocycles. The Morgan fingerprint density at radius 2 is 2.08 bits per heavy atom. The van der Waals surface area contributed by atoms with E-state index in [0.29, 0.717) is 0 Å². The maximum absolute atomic E-state index is 4.51.